The second-order valence-corrected chi connectivity index (χ2v) is 29.4. The molecule has 11 aromatic rings. The van der Waals surface area contributed by atoms with E-state index in [0.29, 0.717) is 74.6 Å². The third-order valence-electron chi connectivity index (χ3n) is 16.4. The Kier molecular flexibility index (Phi) is 24.0. The maximum absolute atomic E-state index is 13.9. The number of halogens is 2. The molecule has 12 rings (SSSR count). The molecular weight excluding hydrogens is 1450 g/mol. The van der Waals surface area contributed by atoms with E-state index in [4.69, 9.17) is 42.3 Å². The molecule has 1 saturated heterocycles. The summed E-state index contributed by atoms with van der Waals surface area (Å²) in [6, 6.07) is 71.4. The molecule has 0 bridgehead atoms. The Morgan fingerprint density at radius 2 is 0.838 bits per heavy atom. The highest BCUT2D eigenvalue weighted by atomic mass is 79.9. The number of ether oxygens (including phenoxy) is 3. The first kappa shape index (κ1) is 67.2. The number of carbonyl (C=O) groups excluding carboxylic acids is 5. The molecule has 0 radical (unpaired) electrons. The number of methoxy groups -OCH3 is 3. The number of Topliss-reactive ketones (excluding diaryl/α,β-unsaturated/α-hetero) is 4. The van der Waals surface area contributed by atoms with Crippen LogP contribution in [0.4, 0.5) is 16.2 Å². The van der Waals surface area contributed by atoms with Crippen molar-refractivity contribution in [2.24, 2.45) is 0 Å². The Balaban J connectivity index is 0.000000200. The Morgan fingerprint density at radius 3 is 1.27 bits per heavy atom. The monoisotopic (exact) mass is 1540 g/mol. The molecule has 0 aliphatic carbocycles. The second-order valence-electron chi connectivity index (χ2n) is 23.9. The standard InChI is InChI=1S/C35H36N2O5S.C15H13ClO4S.C15H14O2.C14H12O2.C6H5BrO/c1-4-8-26-13-16-31(17-14-26)36-19-7-20-37(35(36)39)32-12-5-9-27(21-32)24-43(40,41)34-23-30(15-18-33(34)42-3)29-11-6-10-28(22-29)25(2)38;1-10(17)11-4-3-5-12(8-11)13-6-7-14(20-2)15(9-13)21(16,18)19;1-11(16)13-4-3-5-14(10-13)12-6-8-15(17-2)9-7-12;1-10(15)12-3-2-4-13(9-12)11-5-7-14(16)8-6-11;7-5-1-3-6(8)4-2-5/h5-6,9-18,21-23H,4,7-8,19-20,24H2,1-3H3;3-9H,1-2H3;3-10H,1-2H3;2-9,16H,1H3;1-4,8H/i3D3;2*2D3;;. The van der Waals surface area contributed by atoms with Crippen molar-refractivity contribution in [3.05, 3.63) is 293 Å². The predicted octanol–water partition coefficient (Wildman–Crippen LogP) is 19.8. The van der Waals surface area contributed by atoms with Crippen LogP contribution in [0.3, 0.4) is 0 Å². The molecule has 0 atom stereocenters. The van der Waals surface area contributed by atoms with Crippen LogP contribution in [0.2, 0.25) is 0 Å². The number of nitrogens with zero attached hydrogens (tertiary/aromatic N) is 2. The van der Waals surface area contributed by atoms with E-state index in [1.54, 1.807) is 168 Å². The van der Waals surface area contributed by atoms with Crippen molar-refractivity contribution in [1.82, 2.24) is 0 Å². The molecule has 1 aliphatic rings. The minimum atomic E-state index is -4.23. The first-order valence-corrected chi connectivity index (χ1v) is 37.5. The topological polar surface area (TPSA) is 228 Å². The molecule has 105 heavy (non-hydrogen) atoms. The highest BCUT2D eigenvalue weighted by Crippen LogP contribution is 2.36. The number of aryl methyl sites for hydroxylation is 1. The molecule has 540 valence electrons. The number of anilines is 2. The molecule has 11 aromatic carbocycles. The normalized spacial score (nSPS) is 13.3. The number of hydrogen-bond donors (Lipinski definition) is 2. The van der Waals surface area contributed by atoms with Crippen molar-refractivity contribution in [2.45, 2.75) is 69.4 Å². The van der Waals surface area contributed by atoms with Gasteiger partial charge in [-0.3, -0.25) is 29.0 Å². The van der Waals surface area contributed by atoms with Gasteiger partial charge in [-0.1, -0.05) is 163 Å². The van der Waals surface area contributed by atoms with Gasteiger partial charge in [0.15, 0.2) is 33.0 Å². The SMILES string of the molecule is CC(=O)c1cccc(-c2ccc(O)cc2)c1.Oc1ccc(Br)cc1.[2H]C([2H])([2H])Oc1ccc(-c2cccc(C(C)=O)c2)cc1.[2H]C([2H])([2H])Oc1ccc(-c2cccc(C(C)=O)c2)cc1S(=O)(=O)Cc1cccc(N2CCCN(c3ccc(CCC)cc3)C2=O)c1.[2H]C([2H])([2H])Oc1ccc(-c2cccc(C(C)=O)c2)cc1S(=O)(=O)Cl. The van der Waals surface area contributed by atoms with Gasteiger partial charge in [-0.2, -0.15) is 0 Å². The summed E-state index contributed by atoms with van der Waals surface area (Å²) in [6.07, 6.45) is 2.74. The summed E-state index contributed by atoms with van der Waals surface area (Å²) in [4.78, 5) is 62.3. The number of rotatable bonds is 19. The van der Waals surface area contributed by atoms with E-state index in [2.05, 4.69) is 22.9 Å². The Bertz CT molecular complexity index is 5460. The van der Waals surface area contributed by atoms with E-state index >= 15 is 0 Å². The van der Waals surface area contributed by atoms with E-state index in [0.717, 1.165) is 51.7 Å². The molecule has 1 aliphatic heterocycles. The summed E-state index contributed by atoms with van der Waals surface area (Å²) in [5, 5.41) is 17.9. The zero-order chi connectivity index (χ0) is 83.5. The van der Waals surface area contributed by atoms with Crippen molar-refractivity contribution < 1.29 is 77.6 Å². The number of aromatic hydroxyl groups is 2. The zero-order valence-electron chi connectivity index (χ0n) is 66.8. The fraction of sp³-hybridized carbons (Fsp3) is 0.165. The zero-order valence-corrected chi connectivity index (χ0v) is 61.7. The first-order chi connectivity index (χ1) is 53.6. The lowest BCUT2D eigenvalue weighted by molar-refractivity contribution is 0.100. The summed E-state index contributed by atoms with van der Waals surface area (Å²) >= 11 is 3.23. The predicted molar refractivity (Wildman–Crippen MR) is 420 cm³/mol. The molecule has 0 aromatic heterocycles. The van der Waals surface area contributed by atoms with Gasteiger partial charge in [-0.15, -0.1) is 0 Å². The van der Waals surface area contributed by atoms with Crippen LogP contribution in [0.15, 0.2) is 269 Å². The van der Waals surface area contributed by atoms with E-state index in [9.17, 15) is 45.9 Å². The van der Waals surface area contributed by atoms with Crippen LogP contribution in [-0.4, -0.2) is 90.4 Å². The molecule has 0 spiro atoms. The Labute approximate surface area is 639 Å². The van der Waals surface area contributed by atoms with E-state index < -0.39 is 50.7 Å². The van der Waals surface area contributed by atoms with Crippen LogP contribution in [0.25, 0.3) is 44.5 Å². The highest BCUT2D eigenvalue weighted by molar-refractivity contribution is 9.10. The lowest BCUT2D eigenvalue weighted by Crippen LogP contribution is -2.49. The Morgan fingerprint density at radius 1 is 0.448 bits per heavy atom. The van der Waals surface area contributed by atoms with E-state index in [1.165, 1.54) is 56.7 Å². The van der Waals surface area contributed by atoms with Gasteiger partial charge in [-0.25, -0.2) is 21.6 Å². The number of carbonyl (C=O) groups is 5. The maximum Gasteiger partial charge on any atom is 0.328 e. The van der Waals surface area contributed by atoms with Crippen LogP contribution >= 0.6 is 26.6 Å². The molecule has 2 N–H and O–H groups in total. The summed E-state index contributed by atoms with van der Waals surface area (Å²) < 4.78 is 132. The molecular formula is C85H80BrClN2O14S2. The minimum absolute atomic E-state index is 0.00852. The number of benzene rings is 11. The van der Waals surface area contributed by atoms with Gasteiger partial charge in [0.2, 0.25) is 0 Å². The van der Waals surface area contributed by atoms with Gasteiger partial charge in [0, 0.05) is 61.9 Å². The van der Waals surface area contributed by atoms with Gasteiger partial charge in [0.25, 0.3) is 9.05 Å². The highest BCUT2D eigenvalue weighted by Gasteiger charge is 2.29. The summed E-state index contributed by atoms with van der Waals surface area (Å²) in [5.41, 5.74) is 11.2. The molecule has 0 unspecified atom stereocenters. The largest absolute Gasteiger partial charge is 0.508 e. The summed E-state index contributed by atoms with van der Waals surface area (Å²) in [5.74, 6) is -0.502. The number of ketones is 4. The van der Waals surface area contributed by atoms with Crippen molar-refractivity contribution in [2.75, 3.05) is 44.0 Å². The average Bonchev–Trinajstić information content (AvgIpc) is 0.731. The molecule has 1 heterocycles. The van der Waals surface area contributed by atoms with Gasteiger partial charge in [0.1, 0.15) is 38.5 Å². The number of sulfone groups is 1. The van der Waals surface area contributed by atoms with Gasteiger partial charge < -0.3 is 24.4 Å². The number of urea groups is 1. The van der Waals surface area contributed by atoms with Crippen molar-refractivity contribution in [3.8, 4) is 73.3 Å². The fourth-order valence-electron chi connectivity index (χ4n) is 10.9. The summed E-state index contributed by atoms with van der Waals surface area (Å²) in [6.45, 7) is 9.11. The lowest BCUT2D eigenvalue weighted by Gasteiger charge is -2.36. The molecule has 16 nitrogen and oxygen atoms in total. The quantitative estimate of drug-likeness (QED) is 0.0567. The summed E-state index contributed by atoms with van der Waals surface area (Å²) in [7, 11) is -11.1. The first-order valence-electron chi connectivity index (χ1n) is 37.2. The van der Waals surface area contributed by atoms with Gasteiger partial charge >= 0.3 is 6.03 Å². The smallest absolute Gasteiger partial charge is 0.328 e. The van der Waals surface area contributed by atoms with Crippen molar-refractivity contribution in [3.63, 3.8) is 0 Å². The third kappa shape index (κ3) is 22.5. The average molecular weight is 1540 g/mol. The third-order valence-corrected chi connectivity index (χ3v) is 19.9. The maximum atomic E-state index is 13.9. The molecule has 0 saturated carbocycles. The van der Waals surface area contributed by atoms with Crippen LogP contribution in [0, 0.1) is 0 Å². The second kappa shape index (κ2) is 37.5. The number of hydrogen-bond acceptors (Lipinski definition) is 14. The fourth-order valence-corrected chi connectivity index (χ4v) is 13.6. The van der Waals surface area contributed by atoms with Crippen LogP contribution in [-0.2, 0) is 31.1 Å². The van der Waals surface area contributed by atoms with Crippen LogP contribution in [0.5, 0.6) is 28.7 Å². The van der Waals surface area contributed by atoms with Gasteiger partial charge in [-0.05, 0) is 217 Å². The molecule has 1 fully saturated rings. The lowest BCUT2D eigenvalue weighted by atomic mass is 10.0. The molecule has 2 amide bonds. The minimum Gasteiger partial charge on any atom is -0.508 e. The van der Waals surface area contributed by atoms with Crippen molar-refractivity contribution in [1.29, 1.82) is 0 Å². The number of amides is 2. The van der Waals surface area contributed by atoms with Gasteiger partial charge in [0.05, 0.1) is 39.2 Å². The molecule has 20 heteroatoms. The Hall–Kier alpha value is -11.0. The van der Waals surface area contributed by atoms with Crippen LogP contribution in [0.1, 0.15) is 112 Å². The van der Waals surface area contributed by atoms with Crippen molar-refractivity contribution >= 4 is 86.0 Å². The number of phenols is 2. The van der Waals surface area contributed by atoms with Crippen LogP contribution < -0.4 is 24.0 Å². The number of phenolic OH excluding ortho intramolecular Hbond substituents is 2. The van der Waals surface area contributed by atoms with E-state index in [1.807, 2.05) is 72.8 Å². The van der Waals surface area contributed by atoms with E-state index in [-0.39, 0.29) is 57.1 Å².